The molecular weight excluding hydrogens is 312 g/mol. The number of para-hydroxylation sites is 1. The van der Waals surface area contributed by atoms with E-state index in [4.69, 9.17) is 0 Å². The van der Waals surface area contributed by atoms with E-state index in [0.717, 1.165) is 0 Å². The maximum Gasteiger partial charge on any atom is 0.242 e. The summed E-state index contributed by atoms with van der Waals surface area (Å²) in [6.45, 7) is 4.00. The zero-order valence-electron chi connectivity index (χ0n) is 12.3. The molecule has 0 saturated heterocycles. The minimum Gasteiger partial charge on any atom is -0.383 e. The summed E-state index contributed by atoms with van der Waals surface area (Å²) in [5.41, 5.74) is 0.410. The van der Waals surface area contributed by atoms with Gasteiger partial charge in [-0.15, -0.1) is 0 Å². The molecule has 0 spiro atoms. The lowest BCUT2D eigenvalue weighted by molar-refractivity contribution is 0.581. The Morgan fingerprint density at radius 3 is 2.29 bits per heavy atom. The lowest BCUT2D eigenvalue weighted by atomic mass is 10.3. The first-order valence-corrected chi connectivity index (χ1v) is 10.2. The largest absolute Gasteiger partial charge is 0.383 e. The van der Waals surface area contributed by atoms with Crippen LogP contribution in [0.25, 0.3) is 0 Å². The van der Waals surface area contributed by atoms with Crippen LogP contribution in [0.5, 0.6) is 0 Å². The quantitative estimate of drug-likeness (QED) is 0.708. The monoisotopic (exact) mass is 334 g/mol. The van der Waals surface area contributed by atoms with Gasteiger partial charge in [0.15, 0.2) is 9.84 Å². The molecule has 0 aliphatic rings. The number of benzene rings is 1. The molecule has 0 atom stereocenters. The first-order valence-electron chi connectivity index (χ1n) is 6.85. The summed E-state index contributed by atoms with van der Waals surface area (Å²) in [5, 5.41) is 2.89. The Morgan fingerprint density at radius 1 is 1.00 bits per heavy atom. The molecule has 0 unspecified atom stereocenters. The molecular formula is C13H22N2O4S2. The van der Waals surface area contributed by atoms with Crippen LogP contribution in [0.2, 0.25) is 0 Å². The van der Waals surface area contributed by atoms with E-state index in [1.54, 1.807) is 25.1 Å². The van der Waals surface area contributed by atoms with Gasteiger partial charge >= 0.3 is 0 Å². The highest BCUT2D eigenvalue weighted by atomic mass is 32.2. The molecule has 0 fully saturated rings. The SMILES string of the molecule is CCCNS(=O)(=O)c1ccccc1NCCS(=O)(=O)CC. The summed E-state index contributed by atoms with van der Waals surface area (Å²) in [7, 11) is -6.67. The van der Waals surface area contributed by atoms with E-state index in [1.165, 1.54) is 6.07 Å². The molecule has 8 heteroatoms. The van der Waals surface area contributed by atoms with Crippen LogP contribution in [0.4, 0.5) is 5.69 Å². The fraction of sp³-hybridized carbons (Fsp3) is 0.538. The van der Waals surface area contributed by atoms with Crippen LogP contribution in [0, 0.1) is 0 Å². The molecule has 1 aromatic carbocycles. The molecule has 2 N–H and O–H groups in total. The van der Waals surface area contributed by atoms with Crippen LogP contribution >= 0.6 is 0 Å². The molecule has 1 aromatic rings. The summed E-state index contributed by atoms with van der Waals surface area (Å²) in [6, 6.07) is 6.46. The zero-order chi connectivity index (χ0) is 15.9. The summed E-state index contributed by atoms with van der Waals surface area (Å²) in [4.78, 5) is 0.132. The van der Waals surface area contributed by atoms with Crippen LogP contribution < -0.4 is 10.0 Å². The van der Waals surface area contributed by atoms with Gasteiger partial charge in [-0.2, -0.15) is 0 Å². The van der Waals surface area contributed by atoms with Crippen molar-refractivity contribution in [3.8, 4) is 0 Å². The lowest BCUT2D eigenvalue weighted by Crippen LogP contribution is -2.26. The standard InChI is InChI=1S/C13H22N2O4S2/c1-3-9-15-21(18,19)13-8-6-5-7-12(13)14-10-11-20(16,17)4-2/h5-8,14-15H,3-4,9-11H2,1-2H3. The van der Waals surface area contributed by atoms with E-state index in [-0.39, 0.29) is 22.9 Å². The van der Waals surface area contributed by atoms with E-state index < -0.39 is 19.9 Å². The number of hydrogen-bond donors (Lipinski definition) is 2. The first kappa shape index (κ1) is 17.9. The summed E-state index contributed by atoms with van der Waals surface area (Å²) in [6.07, 6.45) is 0.698. The Hall–Kier alpha value is -1.12. The maximum atomic E-state index is 12.2. The van der Waals surface area contributed by atoms with Gasteiger partial charge in [0.05, 0.1) is 11.4 Å². The number of nitrogens with one attached hydrogen (secondary N) is 2. The van der Waals surface area contributed by atoms with Crippen molar-refractivity contribution in [2.45, 2.75) is 25.2 Å². The van der Waals surface area contributed by atoms with E-state index in [9.17, 15) is 16.8 Å². The Labute approximate surface area is 126 Å². The average molecular weight is 334 g/mol. The number of anilines is 1. The van der Waals surface area contributed by atoms with Crippen LogP contribution in [0.3, 0.4) is 0 Å². The average Bonchev–Trinajstić information content (AvgIpc) is 2.45. The summed E-state index contributed by atoms with van der Waals surface area (Å²) in [5.74, 6) is 0.0486. The van der Waals surface area contributed by atoms with Gasteiger partial charge in [0, 0.05) is 18.8 Å². The molecule has 120 valence electrons. The van der Waals surface area contributed by atoms with Gasteiger partial charge in [-0.25, -0.2) is 21.6 Å². The molecule has 0 saturated carbocycles. The second-order valence-corrected chi connectivity index (χ2v) is 8.77. The molecule has 21 heavy (non-hydrogen) atoms. The first-order chi connectivity index (χ1) is 9.82. The van der Waals surface area contributed by atoms with Crippen molar-refractivity contribution in [3.05, 3.63) is 24.3 Å². The van der Waals surface area contributed by atoms with E-state index in [2.05, 4.69) is 10.0 Å². The van der Waals surface area contributed by atoms with Crippen molar-refractivity contribution in [2.75, 3.05) is 29.9 Å². The summed E-state index contributed by atoms with van der Waals surface area (Å²) >= 11 is 0. The van der Waals surface area contributed by atoms with Crippen molar-refractivity contribution in [3.63, 3.8) is 0 Å². The molecule has 0 aliphatic carbocycles. The second kappa shape index (κ2) is 7.77. The topological polar surface area (TPSA) is 92.3 Å². The third-order valence-corrected chi connectivity index (χ3v) is 6.11. The third kappa shape index (κ3) is 5.64. The minimum absolute atomic E-state index is 0.0275. The van der Waals surface area contributed by atoms with E-state index >= 15 is 0 Å². The van der Waals surface area contributed by atoms with Crippen molar-refractivity contribution < 1.29 is 16.8 Å². The van der Waals surface area contributed by atoms with Crippen LogP contribution in [-0.4, -0.2) is 41.4 Å². The number of sulfonamides is 1. The normalized spacial score (nSPS) is 12.3. The van der Waals surface area contributed by atoms with E-state index in [1.807, 2.05) is 6.92 Å². The highest BCUT2D eigenvalue weighted by Crippen LogP contribution is 2.20. The fourth-order valence-electron chi connectivity index (χ4n) is 1.65. The Kier molecular flexibility index (Phi) is 6.63. The molecule has 0 amide bonds. The maximum absolute atomic E-state index is 12.2. The van der Waals surface area contributed by atoms with Crippen LogP contribution in [-0.2, 0) is 19.9 Å². The van der Waals surface area contributed by atoms with Crippen LogP contribution in [0.15, 0.2) is 29.2 Å². The number of rotatable bonds is 9. The van der Waals surface area contributed by atoms with Crippen molar-refractivity contribution in [2.24, 2.45) is 0 Å². The van der Waals surface area contributed by atoms with Gasteiger partial charge in [-0.05, 0) is 18.6 Å². The Morgan fingerprint density at radius 2 is 1.67 bits per heavy atom. The van der Waals surface area contributed by atoms with Gasteiger partial charge in [-0.1, -0.05) is 26.0 Å². The molecule has 0 radical (unpaired) electrons. The molecule has 0 aliphatic heterocycles. The van der Waals surface area contributed by atoms with Gasteiger partial charge in [0.2, 0.25) is 10.0 Å². The number of sulfone groups is 1. The highest BCUT2D eigenvalue weighted by Gasteiger charge is 2.17. The molecule has 0 aromatic heterocycles. The van der Waals surface area contributed by atoms with Gasteiger partial charge in [0.25, 0.3) is 0 Å². The van der Waals surface area contributed by atoms with E-state index in [0.29, 0.717) is 18.7 Å². The lowest BCUT2D eigenvalue weighted by Gasteiger charge is -2.13. The highest BCUT2D eigenvalue weighted by molar-refractivity contribution is 7.91. The van der Waals surface area contributed by atoms with Crippen molar-refractivity contribution in [1.29, 1.82) is 0 Å². The Bertz CT molecular complexity index is 655. The summed E-state index contributed by atoms with van der Waals surface area (Å²) < 4.78 is 49.7. The fourth-order valence-corrected chi connectivity index (χ4v) is 3.66. The zero-order valence-corrected chi connectivity index (χ0v) is 13.9. The van der Waals surface area contributed by atoms with Crippen molar-refractivity contribution in [1.82, 2.24) is 4.72 Å². The third-order valence-electron chi connectivity index (χ3n) is 2.89. The second-order valence-electron chi connectivity index (χ2n) is 4.56. The molecule has 1 rings (SSSR count). The van der Waals surface area contributed by atoms with Gasteiger partial charge in [-0.3, -0.25) is 0 Å². The predicted octanol–water partition coefficient (Wildman–Crippen LogP) is 1.22. The molecule has 0 heterocycles. The van der Waals surface area contributed by atoms with Gasteiger partial charge in [0.1, 0.15) is 4.90 Å². The number of hydrogen-bond acceptors (Lipinski definition) is 5. The van der Waals surface area contributed by atoms with Crippen LogP contribution in [0.1, 0.15) is 20.3 Å². The van der Waals surface area contributed by atoms with Crippen molar-refractivity contribution >= 4 is 25.5 Å². The Balaban J connectivity index is 2.85. The molecule has 0 bridgehead atoms. The predicted molar refractivity (Wildman–Crippen MR) is 84.7 cm³/mol. The minimum atomic E-state index is -3.59. The smallest absolute Gasteiger partial charge is 0.242 e. The van der Waals surface area contributed by atoms with Gasteiger partial charge < -0.3 is 5.32 Å². The molecule has 6 nitrogen and oxygen atoms in total.